The number of phenols is 1. The number of aromatic hydroxyl groups is 1. The average Bonchev–Trinajstić information content (AvgIpc) is 3.10. The van der Waals surface area contributed by atoms with Gasteiger partial charge in [0.05, 0.1) is 12.0 Å². The zero-order valence-corrected chi connectivity index (χ0v) is 12.9. The number of carbonyl (C=O) groups excluding carboxylic acids is 1. The van der Waals surface area contributed by atoms with E-state index in [-0.39, 0.29) is 11.7 Å². The average molecular weight is 314 g/mol. The standard InChI is InChI=1S/C16H14N2O3S/c1-9-5-6-11(12(19)8-9)17-15(20)14-10(2)22-16(18-14)13-4-3-7-21-13/h3-8,19H,1-2H3,(H,17,20). The summed E-state index contributed by atoms with van der Waals surface area (Å²) in [7, 11) is 0. The Labute approximate surface area is 131 Å². The molecule has 112 valence electrons. The molecule has 1 aromatic carbocycles. The van der Waals surface area contributed by atoms with E-state index in [0.717, 1.165) is 10.4 Å². The highest BCUT2D eigenvalue weighted by Crippen LogP contribution is 2.29. The third kappa shape index (κ3) is 2.73. The second kappa shape index (κ2) is 5.65. The van der Waals surface area contributed by atoms with Crippen LogP contribution in [0.3, 0.4) is 0 Å². The second-order valence-corrected chi connectivity index (χ2v) is 6.08. The van der Waals surface area contributed by atoms with Crippen LogP contribution in [0.1, 0.15) is 20.9 Å². The fraction of sp³-hybridized carbons (Fsp3) is 0.125. The number of nitrogens with zero attached hydrogens (tertiary/aromatic N) is 1. The van der Waals surface area contributed by atoms with E-state index in [0.29, 0.717) is 22.1 Å². The number of furan rings is 1. The minimum atomic E-state index is -0.356. The van der Waals surface area contributed by atoms with Gasteiger partial charge in [-0.05, 0) is 43.7 Å². The minimum absolute atomic E-state index is 0.0347. The summed E-state index contributed by atoms with van der Waals surface area (Å²) in [4.78, 5) is 17.5. The fourth-order valence-electron chi connectivity index (χ4n) is 2.04. The van der Waals surface area contributed by atoms with E-state index in [1.807, 2.05) is 19.9 Å². The Kier molecular flexibility index (Phi) is 3.68. The number of amides is 1. The Morgan fingerprint density at radius 3 is 2.82 bits per heavy atom. The Morgan fingerprint density at radius 1 is 1.32 bits per heavy atom. The highest BCUT2D eigenvalue weighted by atomic mass is 32.1. The summed E-state index contributed by atoms with van der Waals surface area (Å²) in [6, 6.07) is 8.65. The molecule has 2 N–H and O–H groups in total. The number of aryl methyl sites for hydroxylation is 2. The van der Waals surface area contributed by atoms with E-state index in [1.165, 1.54) is 11.3 Å². The molecule has 1 amide bonds. The van der Waals surface area contributed by atoms with Crippen molar-refractivity contribution < 1.29 is 14.3 Å². The zero-order chi connectivity index (χ0) is 15.7. The van der Waals surface area contributed by atoms with Gasteiger partial charge in [0, 0.05) is 4.88 Å². The SMILES string of the molecule is Cc1ccc(NC(=O)c2nc(-c3ccco3)sc2C)c(O)c1. The molecule has 0 fully saturated rings. The number of anilines is 1. The molecule has 2 heterocycles. The highest BCUT2D eigenvalue weighted by Gasteiger charge is 2.18. The van der Waals surface area contributed by atoms with E-state index in [1.54, 1.807) is 30.5 Å². The van der Waals surface area contributed by atoms with Crippen LogP contribution in [0.4, 0.5) is 5.69 Å². The summed E-state index contributed by atoms with van der Waals surface area (Å²) >= 11 is 1.39. The quantitative estimate of drug-likeness (QED) is 0.717. The Hall–Kier alpha value is -2.60. The van der Waals surface area contributed by atoms with E-state index < -0.39 is 0 Å². The van der Waals surface area contributed by atoms with E-state index >= 15 is 0 Å². The number of rotatable bonds is 3. The van der Waals surface area contributed by atoms with Gasteiger partial charge in [-0.3, -0.25) is 4.79 Å². The predicted molar refractivity (Wildman–Crippen MR) is 85.4 cm³/mol. The monoisotopic (exact) mass is 314 g/mol. The minimum Gasteiger partial charge on any atom is -0.506 e. The molecule has 3 rings (SSSR count). The summed E-state index contributed by atoms with van der Waals surface area (Å²) in [6.07, 6.45) is 1.57. The molecule has 6 heteroatoms. The van der Waals surface area contributed by atoms with Crippen LogP contribution in [-0.2, 0) is 0 Å². The number of thiazole rings is 1. The third-order valence-electron chi connectivity index (χ3n) is 3.15. The number of benzene rings is 1. The third-order valence-corrected chi connectivity index (χ3v) is 4.13. The Bertz CT molecular complexity index is 822. The fourth-order valence-corrected chi connectivity index (χ4v) is 2.92. The first kappa shape index (κ1) is 14.3. The van der Waals surface area contributed by atoms with Crippen LogP contribution < -0.4 is 5.32 Å². The van der Waals surface area contributed by atoms with Gasteiger partial charge < -0.3 is 14.8 Å². The van der Waals surface area contributed by atoms with Crippen molar-refractivity contribution in [3.8, 4) is 16.5 Å². The second-order valence-electron chi connectivity index (χ2n) is 4.88. The molecule has 0 aliphatic heterocycles. The van der Waals surface area contributed by atoms with Crippen molar-refractivity contribution in [2.24, 2.45) is 0 Å². The largest absolute Gasteiger partial charge is 0.506 e. The number of hydrogen-bond donors (Lipinski definition) is 2. The summed E-state index contributed by atoms with van der Waals surface area (Å²) in [5.74, 6) is 0.309. The molecule has 0 unspecified atom stereocenters. The van der Waals surface area contributed by atoms with E-state index in [4.69, 9.17) is 4.42 Å². The van der Waals surface area contributed by atoms with Crippen LogP contribution in [0.2, 0.25) is 0 Å². The molecule has 2 aromatic heterocycles. The molecule has 0 aliphatic carbocycles. The van der Waals surface area contributed by atoms with Crippen molar-refractivity contribution in [1.82, 2.24) is 4.98 Å². The van der Waals surface area contributed by atoms with Gasteiger partial charge in [0.1, 0.15) is 11.4 Å². The van der Waals surface area contributed by atoms with Crippen LogP contribution in [0, 0.1) is 13.8 Å². The molecule has 0 saturated heterocycles. The van der Waals surface area contributed by atoms with Gasteiger partial charge >= 0.3 is 0 Å². The van der Waals surface area contributed by atoms with Crippen LogP contribution >= 0.6 is 11.3 Å². The van der Waals surface area contributed by atoms with Crippen LogP contribution in [0.15, 0.2) is 41.0 Å². The molecule has 5 nitrogen and oxygen atoms in total. The van der Waals surface area contributed by atoms with E-state index in [9.17, 15) is 9.90 Å². The summed E-state index contributed by atoms with van der Waals surface area (Å²) in [6.45, 7) is 3.69. The number of nitrogens with one attached hydrogen (secondary N) is 1. The molecule has 0 saturated carbocycles. The molecule has 0 spiro atoms. The van der Waals surface area contributed by atoms with Crippen molar-refractivity contribution in [3.05, 3.63) is 52.7 Å². The van der Waals surface area contributed by atoms with Crippen molar-refractivity contribution in [2.45, 2.75) is 13.8 Å². The van der Waals surface area contributed by atoms with Crippen molar-refractivity contribution in [2.75, 3.05) is 5.32 Å². The molecular weight excluding hydrogens is 300 g/mol. The van der Waals surface area contributed by atoms with Crippen LogP contribution in [0.25, 0.3) is 10.8 Å². The van der Waals surface area contributed by atoms with Gasteiger partial charge in [0.2, 0.25) is 0 Å². The summed E-state index contributed by atoms with van der Waals surface area (Å²) < 4.78 is 5.29. The smallest absolute Gasteiger partial charge is 0.275 e. The van der Waals surface area contributed by atoms with Gasteiger partial charge in [-0.1, -0.05) is 6.07 Å². The van der Waals surface area contributed by atoms with Gasteiger partial charge in [0.25, 0.3) is 5.91 Å². The molecular formula is C16H14N2O3S. The molecule has 3 aromatic rings. The Morgan fingerprint density at radius 2 is 2.14 bits per heavy atom. The number of aromatic nitrogens is 1. The van der Waals surface area contributed by atoms with Gasteiger partial charge in [-0.25, -0.2) is 4.98 Å². The maximum atomic E-state index is 12.3. The number of hydrogen-bond acceptors (Lipinski definition) is 5. The van der Waals surface area contributed by atoms with Gasteiger partial charge in [-0.2, -0.15) is 0 Å². The maximum Gasteiger partial charge on any atom is 0.275 e. The number of carbonyl (C=O) groups is 1. The zero-order valence-electron chi connectivity index (χ0n) is 12.1. The Balaban J connectivity index is 1.86. The molecule has 0 radical (unpaired) electrons. The van der Waals surface area contributed by atoms with E-state index in [2.05, 4.69) is 10.3 Å². The normalized spacial score (nSPS) is 10.6. The molecule has 22 heavy (non-hydrogen) atoms. The van der Waals surface area contributed by atoms with Crippen LogP contribution in [0.5, 0.6) is 5.75 Å². The van der Waals surface area contributed by atoms with Crippen molar-refractivity contribution in [1.29, 1.82) is 0 Å². The topological polar surface area (TPSA) is 75.4 Å². The lowest BCUT2D eigenvalue weighted by Crippen LogP contribution is -2.13. The number of phenolic OH excluding ortho intramolecular Hbond substituents is 1. The summed E-state index contributed by atoms with van der Waals surface area (Å²) in [5, 5.41) is 13.2. The van der Waals surface area contributed by atoms with Crippen LogP contribution in [-0.4, -0.2) is 16.0 Å². The lowest BCUT2D eigenvalue weighted by Gasteiger charge is -2.07. The first-order valence-corrected chi connectivity index (χ1v) is 7.48. The van der Waals surface area contributed by atoms with Crippen molar-refractivity contribution in [3.63, 3.8) is 0 Å². The lowest BCUT2D eigenvalue weighted by molar-refractivity contribution is 0.102. The lowest BCUT2D eigenvalue weighted by atomic mass is 10.2. The van der Waals surface area contributed by atoms with Gasteiger partial charge in [0.15, 0.2) is 10.8 Å². The first-order valence-electron chi connectivity index (χ1n) is 6.67. The molecule has 0 aliphatic rings. The maximum absolute atomic E-state index is 12.3. The first-order chi connectivity index (χ1) is 10.5. The van der Waals surface area contributed by atoms with Gasteiger partial charge in [-0.15, -0.1) is 11.3 Å². The predicted octanol–water partition coefficient (Wildman–Crippen LogP) is 3.98. The summed E-state index contributed by atoms with van der Waals surface area (Å²) in [5.41, 5.74) is 1.61. The highest BCUT2D eigenvalue weighted by molar-refractivity contribution is 7.15. The molecule has 0 atom stereocenters. The molecule has 0 bridgehead atoms. The van der Waals surface area contributed by atoms with Crippen molar-refractivity contribution >= 4 is 22.9 Å².